The molecule has 2 rings (SSSR count). The fourth-order valence-corrected chi connectivity index (χ4v) is 3.65. The van der Waals surface area contributed by atoms with Crippen LogP contribution in [0.4, 0.5) is 4.39 Å². The van der Waals surface area contributed by atoms with Crippen molar-refractivity contribution in [2.24, 2.45) is 0 Å². The molecule has 1 heterocycles. The van der Waals surface area contributed by atoms with Gasteiger partial charge in [0.2, 0.25) is 0 Å². The molecular weight excluding hydrogens is 394 g/mol. The highest BCUT2D eigenvalue weighted by Crippen LogP contribution is 2.38. The molecule has 1 atom stereocenters. The first-order chi connectivity index (χ1) is 7.99. The Morgan fingerprint density at radius 1 is 1.29 bits per heavy atom. The highest BCUT2D eigenvalue weighted by molar-refractivity contribution is 9.13. The number of aliphatic hydroxyl groups is 1. The molecule has 0 bridgehead atoms. The molecule has 2 aromatic rings. The van der Waals surface area contributed by atoms with Gasteiger partial charge in [-0.05, 0) is 56.1 Å². The predicted molar refractivity (Wildman–Crippen MR) is 75.2 cm³/mol. The van der Waals surface area contributed by atoms with E-state index in [-0.39, 0.29) is 5.56 Å². The van der Waals surface area contributed by atoms with Crippen LogP contribution in [0.5, 0.6) is 0 Å². The number of thiophene rings is 1. The van der Waals surface area contributed by atoms with Crippen molar-refractivity contribution in [2.45, 2.75) is 6.10 Å². The summed E-state index contributed by atoms with van der Waals surface area (Å²) in [5.74, 6) is -0.470. The molecule has 1 nitrogen and oxygen atoms in total. The van der Waals surface area contributed by atoms with Crippen LogP contribution in [0.1, 0.15) is 16.5 Å². The number of benzene rings is 1. The maximum atomic E-state index is 13.6. The van der Waals surface area contributed by atoms with Crippen LogP contribution in [0.25, 0.3) is 0 Å². The number of halogens is 4. The van der Waals surface area contributed by atoms with Crippen molar-refractivity contribution in [3.05, 3.63) is 53.8 Å². The molecule has 1 unspecified atom stereocenters. The molecule has 1 N–H and O–H groups in total. The van der Waals surface area contributed by atoms with Gasteiger partial charge in [0.15, 0.2) is 0 Å². The molecule has 1 aromatic heterocycles. The average Bonchev–Trinajstić information content (AvgIpc) is 2.62. The lowest BCUT2D eigenvalue weighted by Crippen LogP contribution is -2.00. The molecule has 0 aliphatic carbocycles. The van der Waals surface area contributed by atoms with E-state index in [1.54, 1.807) is 6.07 Å². The summed E-state index contributed by atoms with van der Waals surface area (Å²) in [4.78, 5) is 0.643. The summed E-state index contributed by atoms with van der Waals surface area (Å²) < 4.78 is 15.3. The lowest BCUT2D eigenvalue weighted by Gasteiger charge is -2.10. The van der Waals surface area contributed by atoms with Crippen molar-refractivity contribution in [1.82, 2.24) is 0 Å². The van der Waals surface area contributed by atoms with E-state index in [0.29, 0.717) is 9.90 Å². The summed E-state index contributed by atoms with van der Waals surface area (Å²) in [6.07, 6.45) is -1.01. The van der Waals surface area contributed by atoms with E-state index >= 15 is 0 Å². The van der Waals surface area contributed by atoms with Crippen LogP contribution in [-0.4, -0.2) is 5.11 Å². The molecular formula is C11H6Br2ClFOS. The van der Waals surface area contributed by atoms with Crippen molar-refractivity contribution in [3.63, 3.8) is 0 Å². The van der Waals surface area contributed by atoms with Crippen LogP contribution in [0.3, 0.4) is 0 Å². The van der Waals surface area contributed by atoms with Crippen LogP contribution in [0, 0.1) is 5.82 Å². The zero-order valence-electron chi connectivity index (χ0n) is 8.25. The van der Waals surface area contributed by atoms with Crippen molar-refractivity contribution in [2.75, 3.05) is 0 Å². The molecule has 0 amide bonds. The Morgan fingerprint density at radius 3 is 2.59 bits per heavy atom. The van der Waals surface area contributed by atoms with Crippen molar-refractivity contribution in [1.29, 1.82) is 0 Å². The third-order valence-electron chi connectivity index (χ3n) is 2.19. The van der Waals surface area contributed by atoms with Gasteiger partial charge in [0.05, 0.1) is 3.79 Å². The van der Waals surface area contributed by atoms with Gasteiger partial charge in [-0.3, -0.25) is 0 Å². The second kappa shape index (κ2) is 5.36. The van der Waals surface area contributed by atoms with Crippen molar-refractivity contribution < 1.29 is 9.50 Å². The Labute approximate surface area is 123 Å². The Morgan fingerprint density at radius 2 is 2.00 bits per heavy atom. The molecule has 0 saturated heterocycles. The summed E-state index contributed by atoms with van der Waals surface area (Å²) in [5, 5.41) is 10.5. The first kappa shape index (κ1) is 13.5. The Hall–Kier alpha value is 0.0600. The molecule has 1 aromatic carbocycles. The maximum Gasteiger partial charge on any atom is 0.129 e. The highest BCUT2D eigenvalue weighted by Gasteiger charge is 2.18. The first-order valence-electron chi connectivity index (χ1n) is 4.57. The van der Waals surface area contributed by atoms with Crippen molar-refractivity contribution >= 4 is 54.8 Å². The lowest BCUT2D eigenvalue weighted by molar-refractivity contribution is 0.218. The van der Waals surface area contributed by atoms with Crippen LogP contribution < -0.4 is 0 Å². The van der Waals surface area contributed by atoms with E-state index in [9.17, 15) is 9.50 Å². The molecule has 0 saturated carbocycles. The molecule has 0 fully saturated rings. The third kappa shape index (κ3) is 2.90. The zero-order valence-corrected chi connectivity index (χ0v) is 13.0. The molecule has 0 aliphatic rings. The van der Waals surface area contributed by atoms with Gasteiger partial charge >= 0.3 is 0 Å². The van der Waals surface area contributed by atoms with Gasteiger partial charge in [0.25, 0.3) is 0 Å². The number of hydrogen-bond acceptors (Lipinski definition) is 2. The van der Waals surface area contributed by atoms with Gasteiger partial charge in [-0.1, -0.05) is 11.6 Å². The lowest BCUT2D eigenvalue weighted by atomic mass is 10.1. The fourth-order valence-electron chi connectivity index (χ4n) is 1.38. The largest absolute Gasteiger partial charge is 0.383 e. The van der Waals surface area contributed by atoms with E-state index < -0.39 is 11.9 Å². The molecule has 90 valence electrons. The highest BCUT2D eigenvalue weighted by atomic mass is 79.9. The van der Waals surface area contributed by atoms with Gasteiger partial charge in [-0.15, -0.1) is 11.3 Å². The van der Waals surface area contributed by atoms with Crippen molar-refractivity contribution in [3.8, 4) is 0 Å². The van der Waals surface area contributed by atoms with E-state index in [1.165, 1.54) is 29.5 Å². The number of hydrogen-bond donors (Lipinski definition) is 1. The summed E-state index contributed by atoms with van der Waals surface area (Å²) >= 11 is 13.8. The van der Waals surface area contributed by atoms with E-state index in [4.69, 9.17) is 11.6 Å². The molecule has 0 spiro atoms. The topological polar surface area (TPSA) is 20.2 Å². The fraction of sp³-hybridized carbons (Fsp3) is 0.0909. The van der Waals surface area contributed by atoms with E-state index in [2.05, 4.69) is 31.9 Å². The van der Waals surface area contributed by atoms with E-state index in [0.717, 1.165) is 8.26 Å². The van der Waals surface area contributed by atoms with Gasteiger partial charge in [0.1, 0.15) is 11.9 Å². The van der Waals surface area contributed by atoms with Crippen LogP contribution in [0.2, 0.25) is 5.02 Å². The normalized spacial score (nSPS) is 12.8. The molecule has 17 heavy (non-hydrogen) atoms. The molecule has 0 radical (unpaired) electrons. The Kier molecular flexibility index (Phi) is 4.26. The minimum absolute atomic E-state index is 0.179. The summed E-state index contributed by atoms with van der Waals surface area (Å²) in [7, 11) is 0. The Bertz CT molecular complexity index is 539. The minimum Gasteiger partial charge on any atom is -0.383 e. The smallest absolute Gasteiger partial charge is 0.129 e. The summed E-state index contributed by atoms with van der Waals surface area (Å²) in [6, 6.07) is 5.88. The third-order valence-corrected chi connectivity index (χ3v) is 5.73. The van der Waals surface area contributed by atoms with Gasteiger partial charge < -0.3 is 5.11 Å². The zero-order chi connectivity index (χ0) is 12.6. The molecule has 6 heteroatoms. The SMILES string of the molecule is OC(c1cc(Br)c(Br)s1)c1cc(Cl)ccc1F. The van der Waals surface area contributed by atoms with Crippen LogP contribution in [0.15, 0.2) is 32.5 Å². The van der Waals surface area contributed by atoms with Gasteiger partial charge in [-0.2, -0.15) is 0 Å². The number of aliphatic hydroxyl groups excluding tert-OH is 1. The minimum atomic E-state index is -1.01. The predicted octanol–water partition coefficient (Wildman–Crippen LogP) is 5.15. The maximum absolute atomic E-state index is 13.6. The van der Waals surface area contributed by atoms with Crippen LogP contribution in [-0.2, 0) is 0 Å². The average molecular weight is 400 g/mol. The number of rotatable bonds is 2. The second-order valence-corrected chi connectivity index (χ2v) is 7.03. The molecule has 0 aliphatic heterocycles. The second-order valence-electron chi connectivity index (χ2n) is 3.34. The quantitative estimate of drug-likeness (QED) is 0.739. The van der Waals surface area contributed by atoms with E-state index in [1.807, 2.05) is 0 Å². The standard InChI is InChI=1S/C11H6Br2ClFOS/c12-7-4-9(17-11(7)13)10(16)6-3-5(14)1-2-8(6)15/h1-4,10,16H. The van der Waals surface area contributed by atoms with Gasteiger partial charge in [0, 0.05) is 19.9 Å². The monoisotopic (exact) mass is 398 g/mol. The van der Waals surface area contributed by atoms with Crippen LogP contribution >= 0.6 is 54.8 Å². The summed E-state index contributed by atoms with van der Waals surface area (Å²) in [5.41, 5.74) is 0.179. The summed E-state index contributed by atoms with van der Waals surface area (Å²) in [6.45, 7) is 0. The first-order valence-corrected chi connectivity index (χ1v) is 7.35. The van der Waals surface area contributed by atoms with Gasteiger partial charge in [-0.25, -0.2) is 4.39 Å². The Balaban J connectivity index is 2.42.